The zero-order valence-electron chi connectivity index (χ0n) is 10.5. The number of likely N-dealkylation sites (N-methyl/N-ethyl adjacent to an activating group) is 1. The smallest absolute Gasteiger partial charge is 0.119 e. The molecule has 0 aliphatic heterocycles. The van der Waals surface area contributed by atoms with E-state index < -0.39 is 5.97 Å². The van der Waals surface area contributed by atoms with Gasteiger partial charge in [-0.05, 0) is 51.2 Å². The summed E-state index contributed by atoms with van der Waals surface area (Å²) < 4.78 is 5.36. The van der Waals surface area contributed by atoms with Crippen LogP contribution in [0.15, 0.2) is 18.2 Å². The van der Waals surface area contributed by atoms with E-state index in [-0.39, 0.29) is 5.56 Å². The molecule has 0 heterocycles. The number of nitrogens with zero attached hydrogens (tertiary/aromatic N) is 1. The summed E-state index contributed by atoms with van der Waals surface area (Å²) in [4.78, 5) is 13.0. The van der Waals surface area contributed by atoms with Crippen molar-refractivity contribution in [3.63, 3.8) is 0 Å². The Kier molecular flexibility index (Phi) is 4.97. The predicted octanol–water partition coefficient (Wildman–Crippen LogP) is 0.553. The van der Waals surface area contributed by atoms with Gasteiger partial charge in [0.1, 0.15) is 5.75 Å². The van der Waals surface area contributed by atoms with Crippen molar-refractivity contribution >= 4 is 5.97 Å². The van der Waals surface area contributed by atoms with E-state index in [4.69, 9.17) is 4.74 Å². The van der Waals surface area contributed by atoms with Crippen molar-refractivity contribution in [1.82, 2.24) is 4.90 Å². The summed E-state index contributed by atoms with van der Waals surface area (Å²) in [5.74, 6) is -0.437. The van der Waals surface area contributed by atoms with Gasteiger partial charge in [-0.3, -0.25) is 0 Å². The van der Waals surface area contributed by atoms with E-state index >= 15 is 0 Å². The lowest BCUT2D eigenvalue weighted by molar-refractivity contribution is -0.255. The molecule has 0 atom stereocenters. The molecule has 17 heavy (non-hydrogen) atoms. The number of carbonyl (C=O) groups excluding carboxylic acids is 1. The molecular formula is C13H18NO3-. The minimum absolute atomic E-state index is 0.246. The maximum atomic E-state index is 11.0. The van der Waals surface area contributed by atoms with E-state index in [1.807, 2.05) is 25.9 Å². The van der Waals surface area contributed by atoms with Gasteiger partial charge in [0.25, 0.3) is 0 Å². The van der Waals surface area contributed by atoms with Crippen LogP contribution in [-0.4, -0.2) is 38.1 Å². The second-order valence-corrected chi connectivity index (χ2v) is 4.09. The maximum Gasteiger partial charge on any atom is 0.119 e. The third-order valence-electron chi connectivity index (χ3n) is 2.44. The van der Waals surface area contributed by atoms with E-state index in [0.29, 0.717) is 18.8 Å². The fourth-order valence-corrected chi connectivity index (χ4v) is 1.58. The van der Waals surface area contributed by atoms with Crippen LogP contribution in [0.3, 0.4) is 0 Å². The molecule has 94 valence electrons. The highest BCUT2D eigenvalue weighted by Gasteiger charge is 2.06. The summed E-state index contributed by atoms with van der Waals surface area (Å²) in [7, 11) is 3.90. The van der Waals surface area contributed by atoms with Crippen molar-refractivity contribution in [1.29, 1.82) is 0 Å². The summed E-state index contributed by atoms with van der Waals surface area (Å²) in [6, 6.07) is 4.98. The molecule has 0 bridgehead atoms. The first kappa shape index (κ1) is 13.5. The lowest BCUT2D eigenvalue weighted by atomic mass is 10.0. The minimum atomic E-state index is -1.14. The standard InChI is InChI=1S/C13H19NO3/c1-4-17-11-5-6-12(13(15)16)10(9-11)7-8-14(2)3/h5-6,9H,4,7-8H2,1-3H3,(H,15,16)/p-1. The van der Waals surface area contributed by atoms with Gasteiger partial charge in [-0.2, -0.15) is 0 Å². The summed E-state index contributed by atoms with van der Waals surface area (Å²) in [6.45, 7) is 3.25. The second kappa shape index (κ2) is 6.25. The van der Waals surface area contributed by atoms with Crippen LogP contribution in [0.4, 0.5) is 0 Å². The molecule has 0 saturated heterocycles. The number of carbonyl (C=O) groups is 1. The SMILES string of the molecule is CCOc1ccc(C(=O)[O-])c(CCN(C)C)c1. The molecule has 0 aliphatic rings. The molecule has 0 radical (unpaired) electrons. The third-order valence-corrected chi connectivity index (χ3v) is 2.44. The van der Waals surface area contributed by atoms with Gasteiger partial charge in [0.2, 0.25) is 0 Å². The van der Waals surface area contributed by atoms with Crippen LogP contribution in [0.5, 0.6) is 5.75 Å². The van der Waals surface area contributed by atoms with E-state index in [0.717, 1.165) is 12.1 Å². The van der Waals surface area contributed by atoms with Gasteiger partial charge < -0.3 is 19.5 Å². The molecule has 0 amide bonds. The van der Waals surface area contributed by atoms with Crippen LogP contribution in [0, 0.1) is 0 Å². The Morgan fingerprint density at radius 3 is 2.65 bits per heavy atom. The first-order chi connectivity index (χ1) is 8.04. The molecule has 1 rings (SSSR count). The van der Waals surface area contributed by atoms with Crippen molar-refractivity contribution in [2.75, 3.05) is 27.2 Å². The van der Waals surface area contributed by atoms with Gasteiger partial charge in [0.15, 0.2) is 0 Å². The topological polar surface area (TPSA) is 52.6 Å². The number of aromatic carboxylic acids is 1. The van der Waals surface area contributed by atoms with Crippen LogP contribution in [0.25, 0.3) is 0 Å². The molecule has 4 nitrogen and oxygen atoms in total. The molecule has 0 spiro atoms. The van der Waals surface area contributed by atoms with E-state index in [9.17, 15) is 9.90 Å². The van der Waals surface area contributed by atoms with Crippen molar-refractivity contribution < 1.29 is 14.6 Å². The predicted molar refractivity (Wildman–Crippen MR) is 64.2 cm³/mol. The fraction of sp³-hybridized carbons (Fsp3) is 0.462. The summed E-state index contributed by atoms with van der Waals surface area (Å²) >= 11 is 0. The Hall–Kier alpha value is -1.55. The van der Waals surface area contributed by atoms with Crippen LogP contribution < -0.4 is 9.84 Å². The highest BCUT2D eigenvalue weighted by molar-refractivity contribution is 5.87. The van der Waals surface area contributed by atoms with E-state index in [1.165, 1.54) is 0 Å². The van der Waals surface area contributed by atoms with Gasteiger partial charge in [-0.25, -0.2) is 0 Å². The maximum absolute atomic E-state index is 11.0. The second-order valence-electron chi connectivity index (χ2n) is 4.09. The van der Waals surface area contributed by atoms with Crippen molar-refractivity contribution in [3.8, 4) is 5.75 Å². The Bertz CT molecular complexity index is 388. The Morgan fingerprint density at radius 1 is 1.41 bits per heavy atom. The average Bonchev–Trinajstić information content (AvgIpc) is 2.26. The number of carboxylic acid groups (broad SMARTS) is 1. The highest BCUT2D eigenvalue weighted by Crippen LogP contribution is 2.18. The Morgan fingerprint density at radius 2 is 2.12 bits per heavy atom. The molecule has 0 aliphatic carbocycles. The van der Waals surface area contributed by atoms with Crippen LogP contribution in [-0.2, 0) is 6.42 Å². The number of hydrogen-bond acceptors (Lipinski definition) is 4. The quantitative estimate of drug-likeness (QED) is 0.724. The molecule has 0 fully saturated rings. The van der Waals surface area contributed by atoms with Crippen LogP contribution >= 0.6 is 0 Å². The van der Waals surface area contributed by atoms with Gasteiger partial charge in [-0.1, -0.05) is 0 Å². The van der Waals surface area contributed by atoms with Gasteiger partial charge in [0, 0.05) is 12.1 Å². The molecule has 0 unspecified atom stereocenters. The normalized spacial score (nSPS) is 10.6. The van der Waals surface area contributed by atoms with Crippen LogP contribution in [0.2, 0.25) is 0 Å². The minimum Gasteiger partial charge on any atom is -0.545 e. The number of ether oxygens (including phenoxy) is 1. The van der Waals surface area contributed by atoms with Crippen molar-refractivity contribution in [2.24, 2.45) is 0 Å². The molecule has 0 saturated carbocycles. The lowest BCUT2D eigenvalue weighted by Crippen LogP contribution is -2.25. The molecular weight excluding hydrogens is 218 g/mol. The third kappa shape index (κ3) is 4.07. The monoisotopic (exact) mass is 236 g/mol. The van der Waals surface area contributed by atoms with E-state index in [1.54, 1.807) is 18.2 Å². The first-order valence-corrected chi connectivity index (χ1v) is 5.66. The molecule has 0 aromatic heterocycles. The van der Waals surface area contributed by atoms with E-state index in [2.05, 4.69) is 0 Å². The average molecular weight is 236 g/mol. The van der Waals surface area contributed by atoms with Crippen molar-refractivity contribution in [2.45, 2.75) is 13.3 Å². The number of carboxylic acids is 1. The number of hydrogen-bond donors (Lipinski definition) is 0. The summed E-state index contributed by atoms with van der Waals surface area (Å²) in [5, 5.41) is 11.0. The molecule has 0 N–H and O–H groups in total. The van der Waals surface area contributed by atoms with Crippen molar-refractivity contribution in [3.05, 3.63) is 29.3 Å². The Balaban J connectivity index is 2.94. The number of benzene rings is 1. The van der Waals surface area contributed by atoms with Gasteiger partial charge in [0.05, 0.1) is 12.6 Å². The van der Waals surface area contributed by atoms with Gasteiger partial charge in [-0.15, -0.1) is 0 Å². The zero-order chi connectivity index (χ0) is 12.8. The highest BCUT2D eigenvalue weighted by atomic mass is 16.5. The fourth-order valence-electron chi connectivity index (χ4n) is 1.58. The molecule has 1 aromatic rings. The van der Waals surface area contributed by atoms with Gasteiger partial charge >= 0.3 is 0 Å². The summed E-state index contributed by atoms with van der Waals surface area (Å²) in [6.07, 6.45) is 0.664. The number of rotatable bonds is 6. The first-order valence-electron chi connectivity index (χ1n) is 5.66. The summed E-state index contributed by atoms with van der Waals surface area (Å²) in [5.41, 5.74) is 1.000. The van der Waals surface area contributed by atoms with Crippen LogP contribution in [0.1, 0.15) is 22.8 Å². The molecule has 1 aromatic carbocycles. The molecule has 4 heteroatoms. The Labute approximate surface area is 102 Å². The largest absolute Gasteiger partial charge is 0.545 e. The zero-order valence-corrected chi connectivity index (χ0v) is 10.5. The lowest BCUT2D eigenvalue weighted by Gasteiger charge is -2.15.